The molecule has 0 amide bonds. The minimum Gasteiger partial charge on any atom is -0.474 e. The Balaban J connectivity index is 1.64. The van der Waals surface area contributed by atoms with Gasteiger partial charge >= 0.3 is 0 Å². The largest absolute Gasteiger partial charge is 0.474 e. The van der Waals surface area contributed by atoms with E-state index in [4.69, 9.17) is 4.74 Å². The highest BCUT2D eigenvalue weighted by molar-refractivity contribution is 5.65. The van der Waals surface area contributed by atoms with Crippen LogP contribution in [-0.4, -0.2) is 43.2 Å². The summed E-state index contributed by atoms with van der Waals surface area (Å²) in [5.74, 6) is 0.727. The highest BCUT2D eigenvalue weighted by Crippen LogP contribution is 2.23. The number of piperidine rings is 1. The molecule has 0 radical (unpaired) electrons. The molecule has 1 aromatic heterocycles. The van der Waals surface area contributed by atoms with E-state index in [2.05, 4.69) is 52.6 Å². The maximum atomic E-state index is 5.98. The fourth-order valence-electron chi connectivity index (χ4n) is 2.72. The van der Waals surface area contributed by atoms with Crippen molar-refractivity contribution in [3.63, 3.8) is 0 Å². The zero-order chi connectivity index (χ0) is 15.4. The van der Waals surface area contributed by atoms with Gasteiger partial charge in [-0.25, -0.2) is 4.98 Å². The normalized spacial score (nSPS) is 16.5. The second kappa shape index (κ2) is 6.79. The summed E-state index contributed by atoms with van der Waals surface area (Å²) in [6.45, 7) is 2.20. The van der Waals surface area contributed by atoms with Crippen LogP contribution < -0.4 is 10.1 Å². The number of nitrogens with zero attached hydrogens (tertiary/aromatic N) is 2. The van der Waals surface area contributed by atoms with Crippen LogP contribution in [0.25, 0.3) is 11.1 Å². The van der Waals surface area contributed by atoms with E-state index < -0.39 is 0 Å². The first-order chi connectivity index (χ1) is 10.7. The molecule has 0 aliphatic carbocycles. The lowest BCUT2D eigenvalue weighted by molar-refractivity contribution is 0.110. The van der Waals surface area contributed by atoms with E-state index in [0.29, 0.717) is 6.10 Å². The first-order valence-electron chi connectivity index (χ1n) is 7.84. The molecule has 116 valence electrons. The Morgan fingerprint density at radius 2 is 1.73 bits per heavy atom. The number of anilines is 1. The van der Waals surface area contributed by atoms with Crippen molar-refractivity contribution in [3.8, 4) is 17.0 Å². The molecular weight excluding hydrogens is 274 g/mol. The van der Waals surface area contributed by atoms with Gasteiger partial charge in [-0.1, -0.05) is 12.1 Å². The first-order valence-corrected chi connectivity index (χ1v) is 7.84. The van der Waals surface area contributed by atoms with Gasteiger partial charge in [-0.15, -0.1) is 0 Å². The second-order valence-electron chi connectivity index (χ2n) is 5.83. The van der Waals surface area contributed by atoms with E-state index in [-0.39, 0.29) is 0 Å². The molecule has 0 bridgehead atoms. The average Bonchev–Trinajstić information content (AvgIpc) is 2.58. The van der Waals surface area contributed by atoms with Gasteiger partial charge in [0.1, 0.15) is 6.10 Å². The summed E-state index contributed by atoms with van der Waals surface area (Å²) in [4.78, 5) is 6.80. The maximum Gasteiger partial charge on any atom is 0.213 e. The molecule has 0 atom stereocenters. The lowest BCUT2D eigenvalue weighted by atomic mass is 10.1. The number of hydrogen-bond acceptors (Lipinski definition) is 4. The van der Waals surface area contributed by atoms with Gasteiger partial charge in [0.05, 0.1) is 0 Å². The number of likely N-dealkylation sites (tertiary alicyclic amines) is 1. The molecular formula is C18H23N3O. The van der Waals surface area contributed by atoms with Crippen molar-refractivity contribution in [2.75, 3.05) is 32.5 Å². The second-order valence-corrected chi connectivity index (χ2v) is 5.83. The molecule has 1 saturated heterocycles. The van der Waals surface area contributed by atoms with Crippen LogP contribution in [0.2, 0.25) is 0 Å². The van der Waals surface area contributed by atoms with Crippen LogP contribution in [0.15, 0.2) is 42.6 Å². The lowest BCUT2D eigenvalue weighted by Gasteiger charge is -2.28. The molecule has 0 saturated carbocycles. The summed E-state index contributed by atoms with van der Waals surface area (Å²) in [6, 6.07) is 12.4. The molecule has 1 aliphatic heterocycles. The summed E-state index contributed by atoms with van der Waals surface area (Å²) in [7, 11) is 4.08. The number of nitrogens with one attached hydrogen (secondary N) is 1. The molecule has 3 rings (SSSR count). The van der Waals surface area contributed by atoms with Crippen LogP contribution in [0.4, 0.5) is 5.69 Å². The average molecular weight is 297 g/mol. The standard InChI is InChI=1S/C18H23N3O/c1-19-16-6-3-14(4-7-16)15-5-8-18(20-13-15)22-17-9-11-21(2)12-10-17/h3-8,13,17,19H,9-12H2,1-2H3. The van der Waals surface area contributed by atoms with Gasteiger partial charge in [-0.2, -0.15) is 0 Å². The van der Waals surface area contributed by atoms with Crippen LogP contribution in [0.1, 0.15) is 12.8 Å². The number of ether oxygens (including phenoxy) is 1. The highest BCUT2D eigenvalue weighted by atomic mass is 16.5. The topological polar surface area (TPSA) is 37.4 Å². The number of aromatic nitrogens is 1. The highest BCUT2D eigenvalue weighted by Gasteiger charge is 2.18. The van der Waals surface area contributed by atoms with E-state index in [0.717, 1.165) is 48.6 Å². The summed E-state index contributed by atoms with van der Waals surface area (Å²) in [5, 5.41) is 3.12. The molecule has 0 unspecified atom stereocenters. The van der Waals surface area contributed by atoms with E-state index in [1.807, 2.05) is 19.3 Å². The van der Waals surface area contributed by atoms with Gasteiger partial charge in [0.2, 0.25) is 5.88 Å². The number of pyridine rings is 1. The molecule has 2 heterocycles. The third-order valence-corrected chi connectivity index (χ3v) is 4.20. The molecule has 4 heteroatoms. The third-order valence-electron chi connectivity index (χ3n) is 4.20. The molecule has 22 heavy (non-hydrogen) atoms. The summed E-state index contributed by atoms with van der Waals surface area (Å²) < 4.78 is 5.98. The molecule has 4 nitrogen and oxygen atoms in total. The van der Waals surface area contributed by atoms with Crippen LogP contribution in [0, 0.1) is 0 Å². The van der Waals surface area contributed by atoms with Gasteiger partial charge < -0.3 is 15.0 Å². The third kappa shape index (κ3) is 3.57. The molecule has 1 N–H and O–H groups in total. The van der Waals surface area contributed by atoms with Crippen molar-refractivity contribution in [3.05, 3.63) is 42.6 Å². The zero-order valence-electron chi connectivity index (χ0n) is 13.2. The maximum absolute atomic E-state index is 5.98. The lowest BCUT2D eigenvalue weighted by Crippen LogP contribution is -2.35. The van der Waals surface area contributed by atoms with Crippen molar-refractivity contribution in [1.29, 1.82) is 0 Å². The quantitative estimate of drug-likeness (QED) is 0.940. The minimum absolute atomic E-state index is 0.296. The Kier molecular flexibility index (Phi) is 4.59. The van der Waals surface area contributed by atoms with Crippen LogP contribution in [0.3, 0.4) is 0 Å². The number of hydrogen-bond donors (Lipinski definition) is 1. The van der Waals surface area contributed by atoms with E-state index in [9.17, 15) is 0 Å². The fraction of sp³-hybridized carbons (Fsp3) is 0.389. The number of rotatable bonds is 4. The molecule has 1 fully saturated rings. The summed E-state index contributed by atoms with van der Waals surface area (Å²) >= 11 is 0. The van der Waals surface area contributed by atoms with Crippen molar-refractivity contribution in [2.45, 2.75) is 18.9 Å². The minimum atomic E-state index is 0.296. The smallest absolute Gasteiger partial charge is 0.213 e. The predicted octanol–water partition coefficient (Wildman–Crippen LogP) is 3.26. The Bertz CT molecular complexity index is 587. The monoisotopic (exact) mass is 297 g/mol. The van der Waals surface area contributed by atoms with Gasteiger partial charge in [0.15, 0.2) is 0 Å². The van der Waals surface area contributed by atoms with Crippen LogP contribution in [-0.2, 0) is 0 Å². The Morgan fingerprint density at radius 1 is 1.05 bits per heavy atom. The molecule has 2 aromatic rings. The molecule has 1 aliphatic rings. The first kappa shape index (κ1) is 14.9. The molecule has 0 spiro atoms. The fourth-order valence-corrected chi connectivity index (χ4v) is 2.72. The Morgan fingerprint density at radius 3 is 2.32 bits per heavy atom. The Labute approximate surface area is 132 Å². The van der Waals surface area contributed by atoms with Crippen molar-refractivity contribution < 1.29 is 4.74 Å². The van der Waals surface area contributed by atoms with Crippen molar-refractivity contribution in [1.82, 2.24) is 9.88 Å². The number of benzene rings is 1. The van der Waals surface area contributed by atoms with E-state index >= 15 is 0 Å². The SMILES string of the molecule is CNc1ccc(-c2ccc(OC3CCN(C)CC3)nc2)cc1. The van der Waals surface area contributed by atoms with Crippen molar-refractivity contribution in [2.24, 2.45) is 0 Å². The van der Waals surface area contributed by atoms with Gasteiger partial charge in [0.25, 0.3) is 0 Å². The van der Waals surface area contributed by atoms with Crippen LogP contribution in [0.5, 0.6) is 5.88 Å². The Hall–Kier alpha value is -2.07. The van der Waals surface area contributed by atoms with Gasteiger partial charge in [-0.3, -0.25) is 0 Å². The van der Waals surface area contributed by atoms with Gasteiger partial charge in [-0.05, 0) is 43.7 Å². The van der Waals surface area contributed by atoms with E-state index in [1.54, 1.807) is 0 Å². The molecule has 1 aromatic carbocycles. The predicted molar refractivity (Wildman–Crippen MR) is 90.4 cm³/mol. The summed E-state index contributed by atoms with van der Waals surface area (Å²) in [6.07, 6.45) is 4.33. The zero-order valence-corrected chi connectivity index (χ0v) is 13.2. The van der Waals surface area contributed by atoms with E-state index in [1.165, 1.54) is 0 Å². The van der Waals surface area contributed by atoms with Crippen molar-refractivity contribution >= 4 is 5.69 Å². The van der Waals surface area contributed by atoms with Crippen LogP contribution >= 0.6 is 0 Å². The van der Waals surface area contributed by atoms with Gasteiger partial charge in [0, 0.05) is 43.7 Å². The summed E-state index contributed by atoms with van der Waals surface area (Å²) in [5.41, 5.74) is 3.38.